The van der Waals surface area contributed by atoms with Gasteiger partial charge in [0, 0.05) is 37.0 Å². The highest BCUT2D eigenvalue weighted by Crippen LogP contribution is 2.24. The van der Waals surface area contributed by atoms with Crippen LogP contribution in [0.15, 0.2) is 96.1 Å². The quantitative estimate of drug-likeness (QED) is 0.356. The van der Waals surface area contributed by atoms with Crippen LogP contribution in [-0.2, 0) is 0 Å². The molecule has 5 heteroatoms. The molecule has 5 nitrogen and oxygen atoms in total. The minimum Gasteiger partial charge on any atom is -0.378 e. The predicted octanol–water partition coefficient (Wildman–Crippen LogP) is 5.32. The van der Waals surface area contributed by atoms with Crippen LogP contribution in [0, 0.1) is 0 Å². The van der Waals surface area contributed by atoms with Gasteiger partial charge in [-0.3, -0.25) is 5.43 Å². The van der Waals surface area contributed by atoms with E-state index in [1.54, 1.807) is 6.21 Å². The Morgan fingerprint density at radius 1 is 0.767 bits per heavy atom. The first-order chi connectivity index (χ1) is 14.7. The zero-order valence-electron chi connectivity index (χ0n) is 17.0. The summed E-state index contributed by atoms with van der Waals surface area (Å²) in [6.45, 7) is 0. The smallest absolute Gasteiger partial charge is 0.162 e. The molecule has 0 aliphatic rings. The van der Waals surface area contributed by atoms with Gasteiger partial charge in [0.2, 0.25) is 0 Å². The summed E-state index contributed by atoms with van der Waals surface area (Å²) >= 11 is 0. The molecule has 1 N–H and O–H groups in total. The van der Waals surface area contributed by atoms with E-state index in [0.717, 1.165) is 28.1 Å². The van der Waals surface area contributed by atoms with E-state index in [0.29, 0.717) is 11.6 Å². The SMILES string of the molecule is CN(C)c1ccc(C=NNc2cc(-c3ccccc3)nc(-c3ccccc3)n2)cc1. The van der Waals surface area contributed by atoms with E-state index >= 15 is 0 Å². The third-order valence-electron chi connectivity index (χ3n) is 4.63. The number of anilines is 2. The summed E-state index contributed by atoms with van der Waals surface area (Å²) in [5.41, 5.74) is 8.05. The summed E-state index contributed by atoms with van der Waals surface area (Å²) in [6.07, 6.45) is 1.78. The van der Waals surface area contributed by atoms with E-state index in [2.05, 4.69) is 32.5 Å². The van der Waals surface area contributed by atoms with Crippen LogP contribution >= 0.6 is 0 Å². The van der Waals surface area contributed by atoms with E-state index < -0.39 is 0 Å². The Kier molecular flexibility index (Phi) is 5.80. The highest BCUT2D eigenvalue weighted by atomic mass is 15.3. The first-order valence-electron chi connectivity index (χ1n) is 9.75. The lowest BCUT2D eigenvalue weighted by Crippen LogP contribution is -2.08. The lowest BCUT2D eigenvalue weighted by Gasteiger charge is -2.11. The number of hydrogen-bond donors (Lipinski definition) is 1. The van der Waals surface area contributed by atoms with Gasteiger partial charge in [0.1, 0.15) is 0 Å². The van der Waals surface area contributed by atoms with Gasteiger partial charge < -0.3 is 4.90 Å². The van der Waals surface area contributed by atoms with E-state index in [9.17, 15) is 0 Å². The highest BCUT2D eigenvalue weighted by Gasteiger charge is 2.08. The number of hydrazone groups is 1. The van der Waals surface area contributed by atoms with Crippen molar-refractivity contribution < 1.29 is 0 Å². The van der Waals surface area contributed by atoms with Gasteiger partial charge in [-0.05, 0) is 17.7 Å². The van der Waals surface area contributed by atoms with Gasteiger partial charge >= 0.3 is 0 Å². The second-order valence-corrected chi connectivity index (χ2v) is 7.05. The van der Waals surface area contributed by atoms with E-state index in [4.69, 9.17) is 4.98 Å². The predicted molar refractivity (Wildman–Crippen MR) is 125 cm³/mol. The van der Waals surface area contributed by atoms with Crippen LogP contribution in [0.1, 0.15) is 5.56 Å². The maximum absolute atomic E-state index is 4.76. The summed E-state index contributed by atoms with van der Waals surface area (Å²) in [6, 6.07) is 30.1. The summed E-state index contributed by atoms with van der Waals surface area (Å²) < 4.78 is 0. The Labute approximate surface area is 176 Å². The molecular formula is C25H23N5. The van der Waals surface area contributed by atoms with Crippen molar-refractivity contribution in [1.82, 2.24) is 9.97 Å². The molecule has 148 valence electrons. The summed E-state index contributed by atoms with van der Waals surface area (Å²) in [4.78, 5) is 11.5. The minimum absolute atomic E-state index is 0.642. The molecule has 0 spiro atoms. The molecule has 0 aliphatic carbocycles. The van der Waals surface area contributed by atoms with Gasteiger partial charge in [-0.25, -0.2) is 9.97 Å². The average molecular weight is 393 g/mol. The molecule has 1 heterocycles. The summed E-state index contributed by atoms with van der Waals surface area (Å²) in [7, 11) is 4.04. The maximum Gasteiger partial charge on any atom is 0.162 e. The molecule has 3 aromatic carbocycles. The van der Waals surface area contributed by atoms with E-state index in [1.165, 1.54) is 0 Å². The lowest BCUT2D eigenvalue weighted by molar-refractivity contribution is 1.13. The lowest BCUT2D eigenvalue weighted by atomic mass is 10.1. The van der Waals surface area contributed by atoms with Crippen LogP contribution in [0.4, 0.5) is 11.5 Å². The number of hydrogen-bond acceptors (Lipinski definition) is 5. The van der Waals surface area contributed by atoms with Crippen LogP contribution in [0.3, 0.4) is 0 Å². The molecule has 0 atom stereocenters. The van der Waals surface area contributed by atoms with Crippen molar-refractivity contribution in [2.45, 2.75) is 0 Å². The molecule has 0 amide bonds. The van der Waals surface area contributed by atoms with Gasteiger partial charge in [-0.2, -0.15) is 5.10 Å². The Bertz CT molecular complexity index is 1060. The third-order valence-corrected chi connectivity index (χ3v) is 4.63. The standard InChI is InChI=1S/C25H23N5/c1-30(2)22-15-13-19(14-16-22)18-26-29-24-17-23(20-9-5-3-6-10-20)27-25(28-24)21-11-7-4-8-12-21/h3-18H,1-2H3,(H,27,28,29). The van der Waals surface area contributed by atoms with Crippen molar-refractivity contribution in [3.63, 3.8) is 0 Å². The fourth-order valence-corrected chi connectivity index (χ4v) is 3.01. The Morgan fingerprint density at radius 2 is 1.40 bits per heavy atom. The summed E-state index contributed by atoms with van der Waals surface area (Å²) in [5, 5.41) is 4.38. The van der Waals surface area contributed by atoms with Crippen molar-refractivity contribution in [2.24, 2.45) is 5.10 Å². The van der Waals surface area contributed by atoms with Crippen LogP contribution in [0.2, 0.25) is 0 Å². The first-order valence-corrected chi connectivity index (χ1v) is 9.75. The minimum atomic E-state index is 0.642. The molecular weight excluding hydrogens is 370 g/mol. The molecule has 0 radical (unpaired) electrons. The van der Waals surface area contributed by atoms with Crippen LogP contribution in [0.25, 0.3) is 22.6 Å². The fraction of sp³-hybridized carbons (Fsp3) is 0.0800. The van der Waals surface area contributed by atoms with Gasteiger partial charge in [0.05, 0.1) is 11.9 Å². The zero-order chi connectivity index (χ0) is 20.8. The second-order valence-electron chi connectivity index (χ2n) is 7.05. The van der Waals surface area contributed by atoms with Crippen molar-refractivity contribution in [1.29, 1.82) is 0 Å². The monoisotopic (exact) mass is 393 g/mol. The van der Waals surface area contributed by atoms with Crippen molar-refractivity contribution >= 4 is 17.7 Å². The van der Waals surface area contributed by atoms with Crippen LogP contribution in [-0.4, -0.2) is 30.3 Å². The van der Waals surface area contributed by atoms with Crippen molar-refractivity contribution in [3.8, 4) is 22.6 Å². The number of nitrogens with zero attached hydrogens (tertiary/aromatic N) is 4. The first kappa shape index (κ1) is 19.3. The maximum atomic E-state index is 4.76. The molecule has 30 heavy (non-hydrogen) atoms. The van der Waals surface area contributed by atoms with E-state index in [1.807, 2.05) is 93.0 Å². The Morgan fingerprint density at radius 3 is 2.03 bits per heavy atom. The molecule has 0 unspecified atom stereocenters. The molecule has 1 aromatic heterocycles. The van der Waals surface area contributed by atoms with Crippen LogP contribution in [0.5, 0.6) is 0 Å². The highest BCUT2D eigenvalue weighted by molar-refractivity contribution is 5.81. The second kappa shape index (κ2) is 9.01. The Hall–Kier alpha value is -3.99. The molecule has 0 saturated carbocycles. The van der Waals surface area contributed by atoms with Crippen LogP contribution < -0.4 is 10.3 Å². The molecule has 0 saturated heterocycles. The molecule has 0 aliphatic heterocycles. The topological polar surface area (TPSA) is 53.4 Å². The molecule has 0 fully saturated rings. The normalized spacial score (nSPS) is 10.9. The third kappa shape index (κ3) is 4.70. The molecule has 0 bridgehead atoms. The van der Waals surface area contributed by atoms with Crippen molar-refractivity contribution in [2.75, 3.05) is 24.4 Å². The number of benzene rings is 3. The number of rotatable bonds is 6. The largest absolute Gasteiger partial charge is 0.378 e. The average Bonchev–Trinajstić information content (AvgIpc) is 2.80. The zero-order valence-corrected chi connectivity index (χ0v) is 17.0. The van der Waals surface area contributed by atoms with Gasteiger partial charge in [0.15, 0.2) is 11.6 Å². The van der Waals surface area contributed by atoms with Crippen molar-refractivity contribution in [3.05, 3.63) is 96.6 Å². The number of nitrogens with one attached hydrogen (secondary N) is 1. The summed E-state index contributed by atoms with van der Waals surface area (Å²) in [5.74, 6) is 1.30. The van der Waals surface area contributed by atoms with Gasteiger partial charge in [-0.15, -0.1) is 0 Å². The van der Waals surface area contributed by atoms with Gasteiger partial charge in [-0.1, -0.05) is 72.8 Å². The molecule has 4 aromatic rings. The Balaban J connectivity index is 1.62. The molecule has 4 rings (SSSR count). The van der Waals surface area contributed by atoms with Gasteiger partial charge in [0.25, 0.3) is 0 Å². The number of aromatic nitrogens is 2. The van der Waals surface area contributed by atoms with E-state index in [-0.39, 0.29) is 0 Å². The fourth-order valence-electron chi connectivity index (χ4n) is 3.01.